The number of phenols is 2. The smallest absolute Gasteiger partial charge is 0.402 e. The lowest BCUT2D eigenvalue weighted by Gasteiger charge is -2.39. The van der Waals surface area contributed by atoms with E-state index in [2.05, 4.69) is 0 Å². The molecule has 3 heterocycles. The van der Waals surface area contributed by atoms with Gasteiger partial charge in [-0.1, -0.05) is 0 Å². The van der Waals surface area contributed by atoms with Crippen molar-refractivity contribution >= 4 is 11.0 Å². The van der Waals surface area contributed by atoms with Gasteiger partial charge in [-0.25, -0.2) is 4.42 Å². The van der Waals surface area contributed by atoms with E-state index in [1.807, 2.05) is 0 Å². The Balaban J connectivity index is 1.65. The molecule has 46 heavy (non-hydrogen) atoms. The lowest BCUT2D eigenvalue weighted by molar-refractivity contribution is -0.277. The maximum Gasteiger partial charge on any atom is 0.402 e. The van der Waals surface area contributed by atoms with Crippen molar-refractivity contribution in [2.45, 2.75) is 61.4 Å². The monoisotopic (exact) mass is 655 g/mol. The second-order valence-electron chi connectivity index (χ2n) is 10.7. The molecule has 0 saturated carbocycles. The Hall–Kier alpha value is -3.75. The van der Waals surface area contributed by atoms with Gasteiger partial charge in [-0.3, -0.25) is 0 Å². The lowest BCUT2D eigenvalue weighted by atomic mass is 9.99. The van der Waals surface area contributed by atoms with Crippen molar-refractivity contribution < 1.29 is 83.9 Å². The molecular formula is C29H35O17+. The Kier molecular flexibility index (Phi) is 9.89. The van der Waals surface area contributed by atoms with Gasteiger partial charge in [0.1, 0.15) is 65.7 Å². The van der Waals surface area contributed by atoms with Gasteiger partial charge >= 0.3 is 11.3 Å². The number of fused-ring (bicyclic) bond motifs is 1. The van der Waals surface area contributed by atoms with Crippen molar-refractivity contribution in [3.63, 3.8) is 0 Å². The van der Waals surface area contributed by atoms with E-state index in [9.17, 15) is 51.1 Å². The summed E-state index contributed by atoms with van der Waals surface area (Å²) in [6.45, 7) is -1.45. The van der Waals surface area contributed by atoms with Crippen LogP contribution in [0.15, 0.2) is 34.7 Å². The topological polar surface area (TPSA) is 269 Å². The van der Waals surface area contributed by atoms with E-state index in [-0.39, 0.29) is 56.8 Å². The highest BCUT2D eigenvalue weighted by molar-refractivity contribution is 5.89. The van der Waals surface area contributed by atoms with Crippen molar-refractivity contribution in [2.24, 2.45) is 0 Å². The summed E-state index contributed by atoms with van der Waals surface area (Å²) in [4.78, 5) is 0. The molecule has 0 amide bonds. The molecule has 2 aromatic carbocycles. The molecule has 0 unspecified atom stereocenters. The number of methoxy groups -OCH3 is 2. The van der Waals surface area contributed by atoms with Crippen molar-refractivity contribution in [3.8, 4) is 45.8 Å². The van der Waals surface area contributed by atoms with Crippen LogP contribution in [-0.2, 0) is 9.47 Å². The van der Waals surface area contributed by atoms with Crippen LogP contribution in [0.5, 0.6) is 34.5 Å². The van der Waals surface area contributed by atoms with Crippen LogP contribution in [0.1, 0.15) is 0 Å². The number of aliphatic hydroxyl groups is 8. The number of hydrogen-bond donors (Lipinski definition) is 10. The van der Waals surface area contributed by atoms with Gasteiger partial charge in [0.15, 0.2) is 11.5 Å². The predicted octanol–water partition coefficient (Wildman–Crippen LogP) is -1.83. The van der Waals surface area contributed by atoms with Gasteiger partial charge in [0, 0.05) is 24.3 Å². The number of hydrogen-bond acceptors (Lipinski definition) is 16. The van der Waals surface area contributed by atoms with E-state index in [0.29, 0.717) is 0 Å². The molecule has 0 radical (unpaired) electrons. The summed E-state index contributed by atoms with van der Waals surface area (Å²) in [6, 6.07) is 6.34. The van der Waals surface area contributed by atoms with Crippen LogP contribution in [0.3, 0.4) is 0 Å². The molecule has 5 rings (SSSR count). The Morgan fingerprint density at radius 2 is 1.13 bits per heavy atom. The van der Waals surface area contributed by atoms with Crippen LogP contribution >= 0.6 is 0 Å². The first-order chi connectivity index (χ1) is 21.9. The Morgan fingerprint density at radius 3 is 1.61 bits per heavy atom. The molecule has 0 bridgehead atoms. The van der Waals surface area contributed by atoms with Crippen molar-refractivity contribution in [2.75, 3.05) is 27.4 Å². The average molecular weight is 656 g/mol. The van der Waals surface area contributed by atoms with Crippen LogP contribution < -0.4 is 18.9 Å². The largest absolute Gasteiger partial charge is 0.507 e. The Morgan fingerprint density at radius 1 is 0.630 bits per heavy atom. The summed E-state index contributed by atoms with van der Waals surface area (Å²) in [5.74, 6) is -1.32. The summed E-state index contributed by atoms with van der Waals surface area (Å²) in [5, 5.41) is 102. The summed E-state index contributed by atoms with van der Waals surface area (Å²) in [6.07, 6.45) is -16.5. The zero-order valence-electron chi connectivity index (χ0n) is 24.4. The minimum Gasteiger partial charge on any atom is -0.507 e. The second-order valence-corrected chi connectivity index (χ2v) is 10.7. The van der Waals surface area contributed by atoms with E-state index in [4.69, 9.17) is 32.8 Å². The quantitative estimate of drug-likeness (QED) is 0.114. The van der Waals surface area contributed by atoms with Crippen LogP contribution in [0.25, 0.3) is 22.3 Å². The van der Waals surface area contributed by atoms with Crippen LogP contribution in [0, 0.1) is 0 Å². The van der Waals surface area contributed by atoms with Crippen molar-refractivity contribution in [1.82, 2.24) is 0 Å². The highest BCUT2D eigenvalue weighted by Crippen LogP contribution is 2.46. The van der Waals surface area contributed by atoms with Crippen LogP contribution in [-0.4, -0.2) is 140 Å². The van der Waals surface area contributed by atoms with Gasteiger partial charge in [0.25, 0.3) is 0 Å². The molecule has 1 aromatic heterocycles. The number of phenolic OH excluding ortho intramolecular Hbond substituents is 2. The van der Waals surface area contributed by atoms with Gasteiger partial charge in [0.05, 0.1) is 39.1 Å². The summed E-state index contributed by atoms with van der Waals surface area (Å²) in [7, 11) is 2.59. The van der Waals surface area contributed by atoms with E-state index >= 15 is 0 Å². The number of ether oxygens (including phenoxy) is 6. The van der Waals surface area contributed by atoms with Crippen molar-refractivity contribution in [1.29, 1.82) is 0 Å². The fourth-order valence-corrected chi connectivity index (χ4v) is 5.16. The molecule has 3 aromatic rings. The number of rotatable bonds is 9. The highest BCUT2D eigenvalue weighted by atomic mass is 16.7. The van der Waals surface area contributed by atoms with Gasteiger partial charge in [0.2, 0.25) is 24.1 Å². The molecular weight excluding hydrogens is 620 g/mol. The summed E-state index contributed by atoms with van der Waals surface area (Å²) >= 11 is 0. The van der Waals surface area contributed by atoms with Crippen molar-refractivity contribution in [3.05, 3.63) is 30.3 Å². The van der Waals surface area contributed by atoms with E-state index in [1.54, 1.807) is 0 Å². The molecule has 10 N–H and O–H groups in total. The molecule has 10 atom stereocenters. The maximum absolute atomic E-state index is 10.7. The SMILES string of the molecule is COc1cc(-c2[o+]c3cc(O)cc(O[C@@H]4O[C@H](CO)[C@@H](O)[C@H](O)[C@H]4O)c3cc2O[C@@H]2O[C@H](CO)[C@@H](O)[C@H](O)[C@H]2O)cc(OC)c1O. The maximum atomic E-state index is 10.7. The molecule has 2 fully saturated rings. The zero-order chi connectivity index (χ0) is 33.4. The van der Waals surface area contributed by atoms with Gasteiger partial charge in [-0.05, 0) is 0 Å². The van der Waals surface area contributed by atoms with Crippen LogP contribution in [0.2, 0.25) is 0 Å². The zero-order valence-corrected chi connectivity index (χ0v) is 24.4. The van der Waals surface area contributed by atoms with Gasteiger partial charge in [-0.15, -0.1) is 0 Å². The number of aromatic hydroxyl groups is 2. The third-order valence-corrected chi connectivity index (χ3v) is 7.73. The van der Waals surface area contributed by atoms with Gasteiger partial charge in [-0.2, -0.15) is 0 Å². The molecule has 17 nitrogen and oxygen atoms in total. The summed E-state index contributed by atoms with van der Waals surface area (Å²) < 4.78 is 39.3. The number of aliphatic hydroxyl groups excluding tert-OH is 8. The Bertz CT molecular complexity index is 1500. The van der Waals surface area contributed by atoms with E-state index in [0.717, 1.165) is 6.07 Å². The molecule has 17 heteroatoms. The average Bonchev–Trinajstić information content (AvgIpc) is 3.05. The van der Waals surface area contributed by atoms with E-state index in [1.165, 1.54) is 38.5 Å². The lowest BCUT2D eigenvalue weighted by Crippen LogP contribution is -2.60. The minimum absolute atomic E-state index is 0.0361. The normalized spacial score (nSPS) is 31.4. The molecule has 0 aliphatic carbocycles. The standard InChI is InChI=1S/C29H34O17/c1-40-15-3-10(4-16(41-2)20(15)33)27-17(44-29-26(39)24(37)22(35)19(9-31)46-29)7-12-13(42-27)5-11(32)6-14(12)43-28-25(38)23(36)21(34)18(8-30)45-28/h3-7,18-19,21-26,28-31,34-39H,8-9H2,1-2H3,(H-,32,33)/p+1/t18-,19-,21-,22-,23+,24+,25-,26-,28-,29-/m1/s1. The molecule has 0 spiro atoms. The number of benzene rings is 2. The highest BCUT2D eigenvalue weighted by Gasteiger charge is 2.47. The third kappa shape index (κ3) is 6.17. The van der Waals surface area contributed by atoms with Crippen LogP contribution in [0.4, 0.5) is 0 Å². The first-order valence-corrected chi connectivity index (χ1v) is 14.0. The molecule has 2 aliphatic rings. The molecule has 2 aliphatic heterocycles. The molecule has 2 saturated heterocycles. The third-order valence-electron chi connectivity index (χ3n) is 7.73. The first kappa shape index (κ1) is 33.6. The molecule has 252 valence electrons. The minimum atomic E-state index is -1.82. The summed E-state index contributed by atoms with van der Waals surface area (Å²) in [5.41, 5.74) is 0.120. The van der Waals surface area contributed by atoms with E-state index < -0.39 is 74.6 Å². The van der Waals surface area contributed by atoms with Gasteiger partial charge < -0.3 is 79.5 Å². The first-order valence-electron chi connectivity index (χ1n) is 14.0. The second kappa shape index (κ2) is 13.5. The predicted molar refractivity (Wildman–Crippen MR) is 151 cm³/mol. The fourth-order valence-electron chi connectivity index (χ4n) is 5.16. The fraction of sp³-hybridized carbons (Fsp3) is 0.483. The Labute approximate surface area is 260 Å².